The molecule has 0 radical (unpaired) electrons. The van der Waals surface area contributed by atoms with Crippen LogP contribution in [0.3, 0.4) is 0 Å². The summed E-state index contributed by atoms with van der Waals surface area (Å²) in [5, 5.41) is 12.0. The molecule has 0 spiro atoms. The molecule has 1 N–H and O–H groups in total. The summed E-state index contributed by atoms with van der Waals surface area (Å²) in [5.74, 6) is 1.37. The Morgan fingerprint density at radius 1 is 1.43 bits per heavy atom. The van der Waals surface area contributed by atoms with Gasteiger partial charge in [0.1, 0.15) is 5.82 Å². The molecule has 1 atom stereocenters. The minimum absolute atomic E-state index is 0.0647. The molecule has 0 bridgehead atoms. The Morgan fingerprint density at radius 3 is 3.09 bits per heavy atom. The van der Waals surface area contributed by atoms with Gasteiger partial charge in [-0.1, -0.05) is 11.3 Å². The number of ether oxygens (including phenoxy) is 1. The fourth-order valence-corrected chi connectivity index (χ4v) is 3.05. The Balaban J connectivity index is 1.54. The monoisotopic (exact) mass is 315 g/mol. The number of aromatic nitrogens is 4. The number of rotatable bonds is 5. The van der Waals surface area contributed by atoms with E-state index in [1.165, 1.54) is 0 Å². The minimum atomic E-state index is -0.0647. The third-order valence-electron chi connectivity index (χ3n) is 4.31. The molecule has 3 heterocycles. The van der Waals surface area contributed by atoms with E-state index in [0.29, 0.717) is 5.92 Å². The number of pyridine rings is 1. The van der Waals surface area contributed by atoms with Gasteiger partial charge >= 0.3 is 0 Å². The van der Waals surface area contributed by atoms with E-state index in [0.717, 1.165) is 49.6 Å². The van der Waals surface area contributed by atoms with Crippen molar-refractivity contribution >= 4 is 5.82 Å². The van der Waals surface area contributed by atoms with Crippen LogP contribution in [0.1, 0.15) is 43.9 Å². The summed E-state index contributed by atoms with van der Waals surface area (Å²) >= 11 is 0. The van der Waals surface area contributed by atoms with Crippen molar-refractivity contribution in [2.45, 2.75) is 51.7 Å². The molecule has 0 unspecified atom stereocenters. The molecule has 0 amide bonds. The first-order valence-electron chi connectivity index (χ1n) is 8.23. The van der Waals surface area contributed by atoms with Gasteiger partial charge in [0.05, 0.1) is 17.8 Å². The summed E-state index contributed by atoms with van der Waals surface area (Å²) < 4.78 is 7.68. The molecule has 1 fully saturated rings. The molecule has 0 aliphatic carbocycles. The molecule has 1 aliphatic rings. The summed E-state index contributed by atoms with van der Waals surface area (Å²) in [7, 11) is 0. The summed E-state index contributed by atoms with van der Waals surface area (Å²) in [6.45, 7) is 8.68. The lowest BCUT2D eigenvalue weighted by atomic mass is 9.86. The zero-order chi connectivity index (χ0) is 16.3. The standard InChI is InChI=1S/C17H25N5O/c1-13-5-4-7-18-16(13)19-8-9-22-12-15(20-21-22)14-6-10-23-17(2,3)11-14/h4-5,7,12,14H,6,8-11H2,1-3H3,(H,18,19)/t14-/m1/s1. The quantitative estimate of drug-likeness (QED) is 0.919. The lowest BCUT2D eigenvalue weighted by Crippen LogP contribution is -2.33. The van der Waals surface area contributed by atoms with Crippen LogP contribution in [0.15, 0.2) is 24.5 Å². The molecule has 0 aromatic carbocycles. The Bertz CT molecular complexity index is 652. The van der Waals surface area contributed by atoms with Gasteiger partial charge in [0, 0.05) is 31.5 Å². The molecule has 23 heavy (non-hydrogen) atoms. The Kier molecular flexibility index (Phi) is 4.61. The van der Waals surface area contributed by atoms with Gasteiger partial charge in [-0.2, -0.15) is 0 Å². The predicted molar refractivity (Wildman–Crippen MR) is 89.5 cm³/mol. The summed E-state index contributed by atoms with van der Waals surface area (Å²) in [5.41, 5.74) is 2.16. The van der Waals surface area contributed by atoms with Crippen LogP contribution in [0.5, 0.6) is 0 Å². The van der Waals surface area contributed by atoms with Crippen molar-refractivity contribution in [1.29, 1.82) is 0 Å². The van der Waals surface area contributed by atoms with Crippen LogP contribution in [-0.2, 0) is 11.3 Å². The van der Waals surface area contributed by atoms with E-state index in [-0.39, 0.29) is 5.60 Å². The second-order valence-corrected chi connectivity index (χ2v) is 6.80. The topological polar surface area (TPSA) is 64.9 Å². The minimum Gasteiger partial charge on any atom is -0.376 e. The van der Waals surface area contributed by atoms with Crippen LogP contribution >= 0.6 is 0 Å². The number of anilines is 1. The maximum Gasteiger partial charge on any atom is 0.128 e. The van der Waals surface area contributed by atoms with Gasteiger partial charge in [0.2, 0.25) is 0 Å². The van der Waals surface area contributed by atoms with E-state index in [1.807, 2.05) is 10.7 Å². The van der Waals surface area contributed by atoms with Crippen LogP contribution in [0, 0.1) is 6.92 Å². The predicted octanol–water partition coefficient (Wildman–Crippen LogP) is 2.77. The number of nitrogens with zero attached hydrogens (tertiary/aromatic N) is 4. The smallest absolute Gasteiger partial charge is 0.128 e. The molecule has 3 rings (SSSR count). The van der Waals surface area contributed by atoms with Crippen molar-refractivity contribution in [3.63, 3.8) is 0 Å². The maximum atomic E-state index is 5.78. The van der Waals surface area contributed by atoms with Gasteiger partial charge in [0.25, 0.3) is 0 Å². The average molecular weight is 315 g/mol. The van der Waals surface area contributed by atoms with Gasteiger partial charge in [-0.25, -0.2) is 4.98 Å². The average Bonchev–Trinajstić information content (AvgIpc) is 2.97. The van der Waals surface area contributed by atoms with E-state index in [2.05, 4.69) is 53.6 Å². The van der Waals surface area contributed by atoms with Gasteiger partial charge in [-0.05, 0) is 45.2 Å². The molecular formula is C17H25N5O. The SMILES string of the molecule is Cc1cccnc1NCCn1cc([C@@H]2CCOC(C)(C)C2)nn1. The highest BCUT2D eigenvalue weighted by molar-refractivity contribution is 5.42. The fourth-order valence-electron chi connectivity index (χ4n) is 3.05. The van der Waals surface area contributed by atoms with Crippen LogP contribution in [0.4, 0.5) is 5.82 Å². The molecule has 124 valence electrons. The molecule has 1 aliphatic heterocycles. The van der Waals surface area contributed by atoms with E-state index in [9.17, 15) is 0 Å². The van der Waals surface area contributed by atoms with E-state index in [4.69, 9.17) is 4.74 Å². The zero-order valence-corrected chi connectivity index (χ0v) is 14.1. The highest BCUT2D eigenvalue weighted by Gasteiger charge is 2.31. The van der Waals surface area contributed by atoms with Gasteiger partial charge in [0.15, 0.2) is 0 Å². The Hall–Kier alpha value is -1.95. The second-order valence-electron chi connectivity index (χ2n) is 6.80. The first-order chi connectivity index (χ1) is 11.0. The lowest BCUT2D eigenvalue weighted by molar-refractivity contribution is -0.0597. The molecule has 2 aromatic heterocycles. The van der Waals surface area contributed by atoms with E-state index < -0.39 is 0 Å². The maximum absolute atomic E-state index is 5.78. The van der Waals surface area contributed by atoms with Crippen molar-refractivity contribution < 1.29 is 4.74 Å². The van der Waals surface area contributed by atoms with E-state index in [1.54, 1.807) is 6.20 Å². The van der Waals surface area contributed by atoms with Crippen LogP contribution < -0.4 is 5.32 Å². The molecule has 0 saturated carbocycles. The van der Waals surface area contributed by atoms with Gasteiger partial charge in [-0.15, -0.1) is 5.10 Å². The van der Waals surface area contributed by atoms with Crippen molar-refractivity contribution in [2.24, 2.45) is 0 Å². The molecule has 6 heteroatoms. The van der Waals surface area contributed by atoms with Crippen molar-refractivity contribution in [3.05, 3.63) is 35.8 Å². The van der Waals surface area contributed by atoms with Crippen LogP contribution in [0.2, 0.25) is 0 Å². The number of aryl methyl sites for hydroxylation is 1. The summed E-state index contributed by atoms with van der Waals surface area (Å²) in [6, 6.07) is 4.00. The molecular weight excluding hydrogens is 290 g/mol. The van der Waals surface area contributed by atoms with Crippen LogP contribution in [0.25, 0.3) is 0 Å². The molecule has 1 saturated heterocycles. The van der Waals surface area contributed by atoms with Crippen molar-refractivity contribution in [1.82, 2.24) is 20.0 Å². The number of hydrogen-bond acceptors (Lipinski definition) is 5. The number of nitrogens with one attached hydrogen (secondary N) is 1. The largest absolute Gasteiger partial charge is 0.376 e. The van der Waals surface area contributed by atoms with Crippen molar-refractivity contribution in [3.8, 4) is 0 Å². The molecule has 2 aromatic rings. The Morgan fingerprint density at radius 2 is 2.30 bits per heavy atom. The Labute approximate surface area is 137 Å². The number of hydrogen-bond donors (Lipinski definition) is 1. The third-order valence-corrected chi connectivity index (χ3v) is 4.31. The zero-order valence-electron chi connectivity index (χ0n) is 14.1. The summed E-state index contributed by atoms with van der Waals surface area (Å²) in [4.78, 5) is 4.33. The molecule has 6 nitrogen and oxygen atoms in total. The first-order valence-corrected chi connectivity index (χ1v) is 8.23. The second kappa shape index (κ2) is 6.66. The lowest BCUT2D eigenvalue weighted by Gasteiger charge is -2.34. The van der Waals surface area contributed by atoms with Gasteiger partial charge in [-0.3, -0.25) is 4.68 Å². The highest BCUT2D eigenvalue weighted by atomic mass is 16.5. The normalized spacial score (nSPS) is 20.4. The van der Waals surface area contributed by atoms with Crippen LogP contribution in [-0.4, -0.2) is 38.7 Å². The summed E-state index contributed by atoms with van der Waals surface area (Å²) in [6.07, 6.45) is 5.89. The first kappa shape index (κ1) is 15.9. The fraction of sp³-hybridized carbons (Fsp3) is 0.588. The van der Waals surface area contributed by atoms with Crippen molar-refractivity contribution in [2.75, 3.05) is 18.5 Å². The van der Waals surface area contributed by atoms with Gasteiger partial charge < -0.3 is 10.1 Å². The van der Waals surface area contributed by atoms with E-state index >= 15 is 0 Å². The highest BCUT2D eigenvalue weighted by Crippen LogP contribution is 2.34. The third kappa shape index (κ3) is 4.07.